The lowest BCUT2D eigenvalue weighted by Gasteiger charge is -2.23. The van der Waals surface area contributed by atoms with E-state index in [1.54, 1.807) is 18.2 Å². The van der Waals surface area contributed by atoms with Gasteiger partial charge in [0, 0.05) is 10.9 Å². The Morgan fingerprint density at radius 3 is 2.73 bits per heavy atom. The third kappa shape index (κ3) is 6.83. The average Bonchev–Trinajstić information content (AvgIpc) is 2.84. The zero-order chi connectivity index (χ0) is 16.7. The maximum atomic E-state index is 10.2. The first-order valence-corrected chi connectivity index (χ1v) is 9.62. The van der Waals surface area contributed by atoms with E-state index in [1.165, 1.54) is 0 Å². The van der Waals surface area contributed by atoms with Crippen LogP contribution in [-0.4, -0.2) is 39.5 Å². The van der Waals surface area contributed by atoms with Gasteiger partial charge in [-0.05, 0) is 39.8 Å². The van der Waals surface area contributed by atoms with E-state index in [0.717, 1.165) is 15.4 Å². The summed E-state index contributed by atoms with van der Waals surface area (Å²) in [5, 5.41) is 20.3. The number of aliphatic hydroxyl groups excluding tert-OH is 2. The Labute approximate surface area is 157 Å². The fraction of sp³-hybridized carbons (Fsp3) is 0.562. The fourth-order valence-electron chi connectivity index (χ4n) is 2.01. The smallest absolute Gasteiger partial charge is 0.0996 e. The summed E-state index contributed by atoms with van der Waals surface area (Å²) in [6.45, 7) is 3.92. The molecule has 0 bridgehead atoms. The minimum atomic E-state index is -0.746. The summed E-state index contributed by atoms with van der Waals surface area (Å²) in [6, 6.07) is 0. The predicted octanol–water partition coefficient (Wildman–Crippen LogP) is 4.33. The summed E-state index contributed by atoms with van der Waals surface area (Å²) in [4.78, 5) is -0.375. The van der Waals surface area contributed by atoms with Gasteiger partial charge in [-0.3, -0.25) is 0 Å². The van der Waals surface area contributed by atoms with Gasteiger partial charge in [-0.15, -0.1) is 5.73 Å². The van der Waals surface area contributed by atoms with Gasteiger partial charge in [0.25, 0.3) is 0 Å². The molecule has 5 unspecified atom stereocenters. The molecule has 5 atom stereocenters. The van der Waals surface area contributed by atoms with E-state index in [9.17, 15) is 10.2 Å². The van der Waals surface area contributed by atoms with Crippen molar-refractivity contribution in [1.29, 1.82) is 0 Å². The standard InChI is InChI=1S/C16H21Br3O3/c1-3-11(18)5-4-6-13(20)15(19)16-14(21)9-12(22-16)8-7-10(2)17/h4-6,8,12-16,20-21H,3,9H2,1-2H3/b6-4+,11-5+. The van der Waals surface area contributed by atoms with Crippen LogP contribution >= 0.6 is 47.8 Å². The summed E-state index contributed by atoms with van der Waals surface area (Å²) in [6.07, 6.45) is 6.53. The largest absolute Gasteiger partial charge is 0.390 e. The molecule has 1 rings (SSSR count). The van der Waals surface area contributed by atoms with Crippen LogP contribution < -0.4 is 0 Å². The van der Waals surface area contributed by atoms with Crippen LogP contribution in [0.5, 0.6) is 0 Å². The molecule has 22 heavy (non-hydrogen) atoms. The average molecular weight is 501 g/mol. The van der Waals surface area contributed by atoms with Crippen LogP contribution in [0.15, 0.2) is 39.0 Å². The Morgan fingerprint density at radius 2 is 2.14 bits per heavy atom. The van der Waals surface area contributed by atoms with Crippen molar-refractivity contribution in [3.8, 4) is 0 Å². The maximum Gasteiger partial charge on any atom is 0.0996 e. The van der Waals surface area contributed by atoms with Gasteiger partial charge in [0.15, 0.2) is 0 Å². The molecule has 0 aromatic heterocycles. The van der Waals surface area contributed by atoms with E-state index in [2.05, 4.69) is 53.5 Å². The molecule has 2 N–H and O–H groups in total. The number of rotatable bonds is 6. The van der Waals surface area contributed by atoms with E-state index in [4.69, 9.17) is 4.74 Å². The molecule has 6 heteroatoms. The molecule has 0 aliphatic carbocycles. The van der Waals surface area contributed by atoms with Crippen LogP contribution in [0.4, 0.5) is 0 Å². The van der Waals surface area contributed by atoms with Gasteiger partial charge in [0.05, 0.1) is 29.2 Å². The van der Waals surface area contributed by atoms with Crippen LogP contribution in [0.3, 0.4) is 0 Å². The van der Waals surface area contributed by atoms with Crippen molar-refractivity contribution in [1.82, 2.24) is 0 Å². The van der Waals surface area contributed by atoms with Crippen LogP contribution in [0.1, 0.15) is 26.7 Å². The second-order valence-electron chi connectivity index (χ2n) is 5.07. The number of hydrogen-bond acceptors (Lipinski definition) is 3. The minimum Gasteiger partial charge on any atom is -0.390 e. The lowest BCUT2D eigenvalue weighted by molar-refractivity contribution is 0.00626. The minimum absolute atomic E-state index is 0.196. The lowest BCUT2D eigenvalue weighted by atomic mass is 10.0. The highest BCUT2D eigenvalue weighted by atomic mass is 79.9. The Kier molecular flexibility index (Phi) is 9.48. The number of hydrogen-bond donors (Lipinski definition) is 2. The summed E-state index contributed by atoms with van der Waals surface area (Å²) < 4.78 is 7.72. The zero-order valence-corrected chi connectivity index (χ0v) is 17.3. The quantitative estimate of drug-likeness (QED) is 0.324. The molecule has 3 nitrogen and oxygen atoms in total. The highest BCUT2D eigenvalue weighted by Gasteiger charge is 2.39. The predicted molar refractivity (Wildman–Crippen MR) is 101 cm³/mol. The van der Waals surface area contributed by atoms with Crippen molar-refractivity contribution in [2.75, 3.05) is 0 Å². The van der Waals surface area contributed by atoms with E-state index < -0.39 is 18.3 Å². The SMILES string of the molecule is CC/C(Br)=C\C=C\C(O)C(Br)C1OC(C=C=C(C)Br)CC1O. The summed E-state index contributed by atoms with van der Waals surface area (Å²) in [7, 11) is 0. The normalized spacial score (nSPS) is 28.5. The molecule has 0 aromatic rings. The van der Waals surface area contributed by atoms with Crippen molar-refractivity contribution < 1.29 is 14.9 Å². The van der Waals surface area contributed by atoms with Crippen LogP contribution in [0, 0.1) is 0 Å². The molecule has 0 saturated carbocycles. The second-order valence-corrected chi connectivity index (χ2v) is 8.34. The molecule has 1 saturated heterocycles. The Morgan fingerprint density at radius 1 is 1.45 bits per heavy atom. The first-order chi connectivity index (χ1) is 10.3. The number of halogens is 3. The van der Waals surface area contributed by atoms with Crippen molar-refractivity contribution in [2.45, 2.75) is 55.9 Å². The Balaban J connectivity index is 2.65. The molecule has 0 spiro atoms. The highest BCUT2D eigenvalue weighted by molar-refractivity contribution is 9.12. The van der Waals surface area contributed by atoms with Gasteiger partial charge in [-0.1, -0.05) is 57.0 Å². The van der Waals surface area contributed by atoms with E-state index in [-0.39, 0.29) is 10.9 Å². The van der Waals surface area contributed by atoms with Crippen LogP contribution in [-0.2, 0) is 4.74 Å². The molecule has 0 amide bonds. The Bertz CT molecular complexity index is 477. The van der Waals surface area contributed by atoms with Crippen molar-refractivity contribution >= 4 is 47.8 Å². The van der Waals surface area contributed by atoms with E-state index in [0.29, 0.717) is 6.42 Å². The second kappa shape index (κ2) is 10.2. The highest BCUT2D eigenvalue weighted by Crippen LogP contribution is 2.29. The first-order valence-electron chi connectivity index (χ1n) is 7.12. The number of ether oxygens (including phenoxy) is 1. The molecule has 1 heterocycles. The molecule has 124 valence electrons. The van der Waals surface area contributed by atoms with E-state index >= 15 is 0 Å². The van der Waals surface area contributed by atoms with Gasteiger partial charge in [0.1, 0.15) is 0 Å². The van der Waals surface area contributed by atoms with Crippen molar-refractivity contribution in [2.24, 2.45) is 0 Å². The van der Waals surface area contributed by atoms with Gasteiger partial charge >= 0.3 is 0 Å². The monoisotopic (exact) mass is 498 g/mol. The van der Waals surface area contributed by atoms with Crippen molar-refractivity contribution in [3.05, 3.63) is 39.0 Å². The third-order valence-electron chi connectivity index (χ3n) is 3.22. The van der Waals surface area contributed by atoms with Crippen LogP contribution in [0.2, 0.25) is 0 Å². The van der Waals surface area contributed by atoms with Gasteiger partial charge in [-0.2, -0.15) is 0 Å². The zero-order valence-electron chi connectivity index (χ0n) is 12.5. The Hall–Kier alpha value is 0.320. The molecule has 1 aliphatic heterocycles. The van der Waals surface area contributed by atoms with Crippen LogP contribution in [0.25, 0.3) is 0 Å². The topological polar surface area (TPSA) is 49.7 Å². The van der Waals surface area contributed by atoms with Gasteiger partial charge in [0.2, 0.25) is 0 Å². The summed E-state index contributed by atoms with van der Waals surface area (Å²) in [5.74, 6) is 0. The molecular weight excluding hydrogens is 480 g/mol. The number of alkyl halides is 1. The van der Waals surface area contributed by atoms with Gasteiger partial charge in [-0.25, -0.2) is 0 Å². The van der Waals surface area contributed by atoms with Crippen molar-refractivity contribution in [3.63, 3.8) is 0 Å². The molecule has 0 aromatic carbocycles. The number of aliphatic hydroxyl groups is 2. The molecular formula is C16H21Br3O3. The summed E-state index contributed by atoms with van der Waals surface area (Å²) in [5.41, 5.74) is 3.02. The maximum absolute atomic E-state index is 10.2. The summed E-state index contributed by atoms with van der Waals surface area (Å²) >= 11 is 10.1. The molecule has 1 fully saturated rings. The molecule has 0 radical (unpaired) electrons. The first kappa shape index (κ1) is 20.4. The molecule has 1 aliphatic rings. The number of allylic oxidation sites excluding steroid dienone is 3. The van der Waals surface area contributed by atoms with E-state index in [1.807, 2.05) is 19.9 Å². The third-order valence-corrected chi connectivity index (χ3v) is 5.33. The fourth-order valence-corrected chi connectivity index (χ4v) is 2.95. The lowest BCUT2D eigenvalue weighted by Crippen LogP contribution is -2.37. The van der Waals surface area contributed by atoms with Gasteiger partial charge < -0.3 is 14.9 Å².